The van der Waals surface area contributed by atoms with Gasteiger partial charge in [-0.2, -0.15) is 0 Å². The van der Waals surface area contributed by atoms with E-state index in [9.17, 15) is 29.8 Å². The SMILES string of the molecule is C/C(=C\c1cc(Br)ccc1O)CC[C@H]1OB(O)C[C@H]2C1=C(C(C)C)C[C@H]1C(=O)N(c3cccc([N+](=O)[O-])c3)C(=O)[C@H]12. The van der Waals surface area contributed by atoms with Gasteiger partial charge in [0, 0.05) is 22.2 Å². The maximum Gasteiger partial charge on any atom is 0.455 e. The third kappa shape index (κ3) is 5.63. The molecule has 2 N–H and O–H groups in total. The summed E-state index contributed by atoms with van der Waals surface area (Å²) >= 11 is 3.43. The molecular weight excluding hydrogens is 591 g/mol. The second kappa shape index (κ2) is 11.5. The molecule has 9 nitrogen and oxygen atoms in total. The molecule has 2 aliphatic heterocycles. The number of nitrogens with zero attached hydrogens (tertiary/aromatic N) is 2. The number of nitro benzene ring substituents is 1. The van der Waals surface area contributed by atoms with Crippen LogP contribution in [0.1, 0.15) is 45.6 Å². The van der Waals surface area contributed by atoms with Crippen molar-refractivity contribution in [1.82, 2.24) is 0 Å². The third-order valence-electron chi connectivity index (χ3n) is 8.43. The van der Waals surface area contributed by atoms with E-state index in [1.807, 2.05) is 19.1 Å². The van der Waals surface area contributed by atoms with Crippen LogP contribution in [-0.4, -0.2) is 40.1 Å². The molecule has 2 saturated heterocycles. The van der Waals surface area contributed by atoms with Crippen LogP contribution in [0, 0.1) is 33.8 Å². The Hall–Kier alpha value is -3.28. The average molecular weight is 623 g/mol. The number of imide groups is 1. The predicted molar refractivity (Wildman–Crippen MR) is 159 cm³/mol. The summed E-state index contributed by atoms with van der Waals surface area (Å²) in [6, 6.07) is 10.8. The Balaban J connectivity index is 1.45. The average Bonchev–Trinajstić information content (AvgIpc) is 3.18. The highest BCUT2D eigenvalue weighted by Gasteiger charge is 2.57. The molecule has 2 amide bonds. The first-order valence-electron chi connectivity index (χ1n) is 13.8. The largest absolute Gasteiger partial charge is 0.507 e. The summed E-state index contributed by atoms with van der Waals surface area (Å²) < 4.78 is 6.93. The molecule has 0 aromatic heterocycles. The van der Waals surface area contributed by atoms with Crippen molar-refractivity contribution >= 4 is 52.3 Å². The first-order chi connectivity index (χ1) is 19.5. The van der Waals surface area contributed by atoms with Gasteiger partial charge in [-0.25, -0.2) is 4.90 Å². The molecule has 3 aliphatic rings. The number of allylic oxidation sites excluding steroid dienone is 2. The van der Waals surface area contributed by atoms with Crippen molar-refractivity contribution in [2.45, 2.75) is 52.5 Å². The Morgan fingerprint density at radius 1 is 1.22 bits per heavy atom. The fraction of sp³-hybridized carbons (Fsp3) is 0.400. The van der Waals surface area contributed by atoms with Gasteiger partial charge < -0.3 is 14.8 Å². The Morgan fingerprint density at radius 2 is 1.98 bits per heavy atom. The summed E-state index contributed by atoms with van der Waals surface area (Å²) in [5, 5.41) is 32.4. The number of halogens is 1. The Kier molecular flexibility index (Phi) is 8.23. The van der Waals surface area contributed by atoms with Gasteiger partial charge in [0.1, 0.15) is 5.75 Å². The van der Waals surface area contributed by atoms with E-state index in [1.165, 1.54) is 24.3 Å². The van der Waals surface area contributed by atoms with Crippen LogP contribution in [0.2, 0.25) is 6.32 Å². The number of fused-ring (bicyclic) bond motifs is 3. The molecule has 1 aliphatic carbocycles. The van der Waals surface area contributed by atoms with Gasteiger partial charge in [0.2, 0.25) is 11.8 Å². The zero-order chi connectivity index (χ0) is 29.6. The monoisotopic (exact) mass is 622 g/mol. The number of hydrogen-bond acceptors (Lipinski definition) is 7. The Bertz CT molecular complexity index is 1470. The zero-order valence-corrected chi connectivity index (χ0v) is 24.7. The molecule has 0 bridgehead atoms. The lowest BCUT2D eigenvalue weighted by Gasteiger charge is -2.44. The highest BCUT2D eigenvalue weighted by molar-refractivity contribution is 9.10. The van der Waals surface area contributed by atoms with Crippen LogP contribution in [0.25, 0.3) is 6.08 Å². The maximum absolute atomic E-state index is 13.9. The van der Waals surface area contributed by atoms with E-state index in [2.05, 4.69) is 29.8 Å². The number of carbonyl (C=O) groups excluding carboxylic acids is 2. The molecule has 2 aromatic rings. The lowest BCUT2D eigenvalue weighted by atomic mass is 9.57. The molecule has 0 unspecified atom stereocenters. The van der Waals surface area contributed by atoms with Gasteiger partial charge in [-0.05, 0) is 74.2 Å². The number of aromatic hydroxyl groups is 1. The van der Waals surface area contributed by atoms with E-state index in [1.54, 1.807) is 12.1 Å². The number of anilines is 1. The van der Waals surface area contributed by atoms with Crippen molar-refractivity contribution in [2.75, 3.05) is 4.90 Å². The third-order valence-corrected chi connectivity index (χ3v) is 8.93. The van der Waals surface area contributed by atoms with Gasteiger partial charge in [-0.15, -0.1) is 0 Å². The van der Waals surface area contributed by atoms with Crippen molar-refractivity contribution < 1.29 is 29.3 Å². The van der Waals surface area contributed by atoms with Gasteiger partial charge >= 0.3 is 7.12 Å². The smallest absolute Gasteiger partial charge is 0.455 e. The van der Waals surface area contributed by atoms with Crippen LogP contribution < -0.4 is 4.90 Å². The maximum atomic E-state index is 13.9. The Labute approximate surface area is 247 Å². The summed E-state index contributed by atoms with van der Waals surface area (Å²) in [5.41, 5.74) is 3.77. The number of carbonyl (C=O) groups is 2. The standard InChI is InChI=1S/C30H32BBrN2O7/c1-16(2)22-14-23-28(30(37)33(29(23)36)20-5-4-6-21(13-20)34(39)40)24-15-31(38)41-26(27(22)24)10-7-17(3)11-18-12-19(32)8-9-25(18)35/h4-6,8-9,11-13,16,23-24,26,28,35,38H,7,10,14-15H2,1-3H3/b17-11+/t23-,24+,26-,28-/m1/s1. The zero-order valence-electron chi connectivity index (χ0n) is 23.1. The number of benzene rings is 2. The van der Waals surface area contributed by atoms with Crippen LogP contribution >= 0.6 is 15.9 Å². The topological polar surface area (TPSA) is 130 Å². The van der Waals surface area contributed by atoms with Crippen LogP contribution in [0.3, 0.4) is 0 Å². The molecule has 4 atom stereocenters. The van der Waals surface area contributed by atoms with Crippen molar-refractivity contribution in [2.24, 2.45) is 23.7 Å². The predicted octanol–water partition coefficient (Wildman–Crippen LogP) is 5.90. The molecule has 11 heteroatoms. The lowest BCUT2D eigenvalue weighted by molar-refractivity contribution is -0.384. The summed E-state index contributed by atoms with van der Waals surface area (Å²) in [7, 11) is -1.09. The molecule has 2 fully saturated rings. The van der Waals surface area contributed by atoms with Crippen molar-refractivity contribution in [1.29, 1.82) is 0 Å². The number of nitro groups is 1. The highest BCUT2D eigenvalue weighted by atomic mass is 79.9. The minimum atomic E-state index is -1.09. The summed E-state index contributed by atoms with van der Waals surface area (Å²) in [5.74, 6) is -2.12. The molecule has 41 heavy (non-hydrogen) atoms. The molecule has 5 rings (SSSR count). The van der Waals surface area contributed by atoms with Gasteiger partial charge in [0.05, 0.1) is 28.6 Å². The number of non-ortho nitro benzene ring substituents is 1. The normalized spacial score (nSPS) is 24.7. The van der Waals surface area contributed by atoms with E-state index in [0.29, 0.717) is 24.8 Å². The molecule has 214 valence electrons. The Morgan fingerprint density at radius 3 is 2.68 bits per heavy atom. The molecule has 0 radical (unpaired) electrons. The molecule has 0 spiro atoms. The number of rotatable bonds is 7. The summed E-state index contributed by atoms with van der Waals surface area (Å²) in [6.07, 6.45) is 3.28. The lowest BCUT2D eigenvalue weighted by Crippen LogP contribution is -2.46. The number of hydrogen-bond donors (Lipinski definition) is 2. The first-order valence-corrected chi connectivity index (χ1v) is 14.6. The molecule has 0 saturated carbocycles. The van der Waals surface area contributed by atoms with Crippen LogP contribution in [0.5, 0.6) is 5.75 Å². The second-order valence-electron chi connectivity index (χ2n) is 11.4. The molecule has 2 aromatic carbocycles. The first kappa shape index (κ1) is 29.2. The number of amides is 2. The fourth-order valence-electron chi connectivity index (χ4n) is 6.59. The van der Waals surface area contributed by atoms with E-state index < -0.39 is 30.0 Å². The summed E-state index contributed by atoms with van der Waals surface area (Å²) in [4.78, 5) is 39.4. The minimum Gasteiger partial charge on any atom is -0.507 e. The summed E-state index contributed by atoms with van der Waals surface area (Å²) in [6.45, 7) is 6.09. The van der Waals surface area contributed by atoms with Gasteiger partial charge in [0.25, 0.3) is 5.69 Å². The van der Waals surface area contributed by atoms with Crippen molar-refractivity contribution in [3.8, 4) is 5.75 Å². The highest BCUT2D eigenvalue weighted by Crippen LogP contribution is 2.52. The number of phenolic OH excluding ortho intramolecular Hbond substituents is 1. The molecule has 2 heterocycles. The van der Waals surface area contributed by atoms with E-state index in [-0.39, 0.29) is 47.1 Å². The van der Waals surface area contributed by atoms with Gasteiger partial charge in [-0.3, -0.25) is 19.7 Å². The van der Waals surface area contributed by atoms with Crippen LogP contribution in [-0.2, 0) is 14.2 Å². The van der Waals surface area contributed by atoms with Crippen LogP contribution in [0.4, 0.5) is 11.4 Å². The number of phenols is 1. The van der Waals surface area contributed by atoms with Crippen molar-refractivity contribution in [3.05, 3.63) is 79.3 Å². The van der Waals surface area contributed by atoms with Crippen molar-refractivity contribution in [3.63, 3.8) is 0 Å². The van der Waals surface area contributed by atoms with Crippen LogP contribution in [0.15, 0.2) is 63.7 Å². The van der Waals surface area contributed by atoms with E-state index in [0.717, 1.165) is 26.1 Å². The van der Waals surface area contributed by atoms with Gasteiger partial charge in [-0.1, -0.05) is 53.1 Å². The fourth-order valence-corrected chi connectivity index (χ4v) is 6.97. The quantitative estimate of drug-likeness (QED) is 0.129. The van der Waals surface area contributed by atoms with E-state index >= 15 is 0 Å². The van der Waals surface area contributed by atoms with Gasteiger partial charge in [0.15, 0.2) is 0 Å². The van der Waals surface area contributed by atoms with E-state index in [4.69, 9.17) is 4.65 Å². The molecular formula is C30H32BBrN2O7. The second-order valence-corrected chi connectivity index (χ2v) is 12.3. The minimum absolute atomic E-state index is 0.0970.